The molecule has 0 bridgehead atoms. The maximum absolute atomic E-state index is 12.9. The van der Waals surface area contributed by atoms with E-state index in [4.69, 9.17) is 14.2 Å². The van der Waals surface area contributed by atoms with Gasteiger partial charge in [-0.25, -0.2) is 4.79 Å². The molecule has 0 saturated carbocycles. The van der Waals surface area contributed by atoms with Crippen molar-refractivity contribution in [1.82, 2.24) is 0 Å². The zero-order valence-electron chi connectivity index (χ0n) is 30.8. The van der Waals surface area contributed by atoms with Gasteiger partial charge in [-0.05, 0) is 101 Å². The largest absolute Gasteiger partial charge is 0.495 e. The zero-order chi connectivity index (χ0) is 35.8. The first-order chi connectivity index (χ1) is 25.4. The number of allylic oxidation sites excluding steroid dienone is 2. The van der Waals surface area contributed by atoms with E-state index in [0.717, 1.165) is 55.3 Å². The SMILES string of the molecule is CCCCCCc1ccc(C(=O)Oc2ccc(N3CCN(c4cc5c(cc4OC)C4OC=CC=C4C4=C5c5ccccc5C4(C)C)CC3)cc2)cc1. The number of piperazine rings is 1. The Balaban J connectivity index is 0.969. The fourth-order valence-corrected chi connectivity index (χ4v) is 8.58. The molecule has 0 amide bonds. The first-order valence-electron chi connectivity index (χ1n) is 18.9. The third-order valence-corrected chi connectivity index (χ3v) is 11.3. The smallest absolute Gasteiger partial charge is 0.343 e. The molecule has 266 valence electrons. The lowest BCUT2D eigenvalue weighted by atomic mass is 9.72. The summed E-state index contributed by atoms with van der Waals surface area (Å²) in [6.07, 6.45) is 11.9. The van der Waals surface area contributed by atoms with Gasteiger partial charge in [0, 0.05) is 48.4 Å². The summed E-state index contributed by atoms with van der Waals surface area (Å²) in [6.45, 7) is 10.3. The van der Waals surface area contributed by atoms with Crippen LogP contribution in [0.25, 0.3) is 5.57 Å². The van der Waals surface area contributed by atoms with Crippen LogP contribution >= 0.6 is 0 Å². The Morgan fingerprint density at radius 3 is 2.37 bits per heavy atom. The van der Waals surface area contributed by atoms with E-state index < -0.39 is 0 Å². The number of rotatable bonds is 10. The van der Waals surface area contributed by atoms with Gasteiger partial charge in [-0.1, -0.05) is 82.5 Å². The number of fused-ring (bicyclic) bond motifs is 7. The number of aryl methyl sites for hydroxylation is 1. The number of nitrogens with zero attached hydrogens (tertiary/aromatic N) is 2. The topological polar surface area (TPSA) is 51.2 Å². The summed E-state index contributed by atoms with van der Waals surface area (Å²) in [5.41, 5.74) is 12.9. The third-order valence-electron chi connectivity index (χ3n) is 11.3. The van der Waals surface area contributed by atoms with Crippen LogP contribution < -0.4 is 19.3 Å². The van der Waals surface area contributed by atoms with Crippen molar-refractivity contribution in [3.05, 3.63) is 148 Å². The second-order valence-corrected chi connectivity index (χ2v) is 14.9. The summed E-state index contributed by atoms with van der Waals surface area (Å²) in [5.74, 6) is 1.09. The second kappa shape index (κ2) is 14.1. The van der Waals surface area contributed by atoms with E-state index in [0.29, 0.717) is 11.3 Å². The Hall–Kier alpha value is -5.23. The number of unbranched alkanes of at least 4 members (excludes halogenated alkanes) is 3. The van der Waals surface area contributed by atoms with Crippen molar-refractivity contribution < 1.29 is 19.0 Å². The molecular weight excluding hydrogens is 645 g/mol. The van der Waals surface area contributed by atoms with Gasteiger partial charge in [0.25, 0.3) is 0 Å². The monoisotopic (exact) mass is 692 g/mol. The van der Waals surface area contributed by atoms with Gasteiger partial charge in [0.05, 0.1) is 24.6 Å². The van der Waals surface area contributed by atoms with Crippen molar-refractivity contribution in [1.29, 1.82) is 0 Å². The predicted molar refractivity (Wildman–Crippen MR) is 210 cm³/mol. The normalized spacial score (nSPS) is 18.2. The molecule has 1 saturated heterocycles. The number of benzene rings is 4. The predicted octanol–water partition coefficient (Wildman–Crippen LogP) is 9.98. The number of anilines is 2. The standard InChI is InChI=1S/C46H48N2O4/c1-5-6-7-8-12-31-16-18-32(19-17-31)45(49)52-34-22-20-33(21-23-34)47-24-26-48(27-25-47)40-29-37-38(30-41(40)50-4)44-36(14-11-28-51-44)43-42(37)35-13-9-10-15-39(35)46(43,2)3/h9-11,13-23,28-30,44H,5-8,12,24-27H2,1-4H3. The van der Waals surface area contributed by atoms with E-state index in [9.17, 15) is 4.79 Å². The average Bonchev–Trinajstić information content (AvgIpc) is 3.43. The van der Waals surface area contributed by atoms with Crippen LogP contribution in [0, 0.1) is 0 Å². The molecule has 0 N–H and O–H groups in total. The van der Waals surface area contributed by atoms with Crippen molar-refractivity contribution in [2.75, 3.05) is 43.1 Å². The molecule has 1 fully saturated rings. The molecule has 4 aromatic rings. The molecule has 1 atom stereocenters. The van der Waals surface area contributed by atoms with Crippen LogP contribution in [0.1, 0.15) is 90.7 Å². The van der Waals surface area contributed by atoms with Gasteiger partial charge >= 0.3 is 5.97 Å². The Labute approximate surface area is 308 Å². The van der Waals surface area contributed by atoms with Crippen LogP contribution in [-0.4, -0.2) is 39.3 Å². The van der Waals surface area contributed by atoms with Crippen LogP contribution in [0.3, 0.4) is 0 Å². The molecule has 6 heteroatoms. The zero-order valence-corrected chi connectivity index (χ0v) is 30.8. The highest BCUT2D eigenvalue weighted by molar-refractivity contribution is 5.97. The van der Waals surface area contributed by atoms with Crippen molar-refractivity contribution in [3.8, 4) is 11.5 Å². The minimum absolute atomic E-state index is 0.138. The summed E-state index contributed by atoms with van der Waals surface area (Å²) in [4.78, 5) is 17.7. The fraction of sp³-hybridized carbons (Fsp3) is 0.326. The van der Waals surface area contributed by atoms with Gasteiger partial charge in [-0.15, -0.1) is 0 Å². The highest BCUT2D eigenvalue weighted by Crippen LogP contribution is 2.59. The lowest BCUT2D eigenvalue weighted by Crippen LogP contribution is -2.46. The number of hydrogen-bond acceptors (Lipinski definition) is 6. The van der Waals surface area contributed by atoms with Crippen LogP contribution in [-0.2, 0) is 16.6 Å². The molecule has 4 aromatic carbocycles. The quantitative estimate of drug-likeness (QED) is 0.0937. The van der Waals surface area contributed by atoms with Gasteiger partial charge in [-0.2, -0.15) is 0 Å². The van der Waals surface area contributed by atoms with Crippen molar-refractivity contribution >= 4 is 22.9 Å². The molecule has 4 aliphatic rings. The molecule has 52 heavy (non-hydrogen) atoms. The number of hydrogen-bond donors (Lipinski definition) is 0. The molecule has 2 heterocycles. The van der Waals surface area contributed by atoms with E-state index >= 15 is 0 Å². The Kier molecular flexibility index (Phi) is 9.16. The molecule has 6 nitrogen and oxygen atoms in total. The van der Waals surface area contributed by atoms with E-state index in [1.165, 1.54) is 64.7 Å². The molecule has 0 radical (unpaired) electrons. The van der Waals surface area contributed by atoms with E-state index in [1.54, 1.807) is 7.11 Å². The van der Waals surface area contributed by atoms with Crippen LogP contribution in [0.4, 0.5) is 11.4 Å². The van der Waals surface area contributed by atoms with Crippen molar-refractivity contribution in [2.45, 2.75) is 64.4 Å². The lowest BCUT2D eigenvalue weighted by molar-refractivity contribution is 0.0734. The van der Waals surface area contributed by atoms with E-state index in [2.05, 4.69) is 73.0 Å². The summed E-state index contributed by atoms with van der Waals surface area (Å²) in [6, 6.07) is 29.1. The summed E-state index contributed by atoms with van der Waals surface area (Å²) < 4.78 is 18.2. The molecule has 2 aliphatic heterocycles. The van der Waals surface area contributed by atoms with Crippen LogP contribution in [0.5, 0.6) is 11.5 Å². The maximum atomic E-state index is 12.9. The molecular formula is C46H48N2O4. The minimum Gasteiger partial charge on any atom is -0.495 e. The van der Waals surface area contributed by atoms with Gasteiger partial charge in [0.2, 0.25) is 0 Å². The fourth-order valence-electron chi connectivity index (χ4n) is 8.58. The van der Waals surface area contributed by atoms with E-state index in [1.807, 2.05) is 60.9 Å². The van der Waals surface area contributed by atoms with Crippen LogP contribution in [0.15, 0.2) is 114 Å². The number of esters is 1. The molecule has 1 unspecified atom stereocenters. The first-order valence-corrected chi connectivity index (χ1v) is 18.9. The summed E-state index contributed by atoms with van der Waals surface area (Å²) >= 11 is 0. The third kappa shape index (κ3) is 6.08. The van der Waals surface area contributed by atoms with Gasteiger partial charge in [0.1, 0.15) is 17.6 Å². The Morgan fingerprint density at radius 1 is 0.865 bits per heavy atom. The lowest BCUT2D eigenvalue weighted by Gasteiger charge is -2.39. The Bertz CT molecular complexity index is 2060. The first kappa shape index (κ1) is 33.9. The Morgan fingerprint density at radius 2 is 1.62 bits per heavy atom. The molecule has 8 rings (SSSR count). The van der Waals surface area contributed by atoms with Gasteiger partial charge < -0.3 is 24.0 Å². The minimum atomic E-state index is -0.329. The van der Waals surface area contributed by atoms with Crippen LogP contribution in [0.2, 0.25) is 0 Å². The number of ether oxygens (including phenoxy) is 3. The average molecular weight is 693 g/mol. The van der Waals surface area contributed by atoms with Gasteiger partial charge in [0.15, 0.2) is 0 Å². The van der Waals surface area contributed by atoms with E-state index in [-0.39, 0.29) is 17.5 Å². The number of carbonyl (C=O) groups is 1. The number of carbonyl (C=O) groups excluding carboxylic acids is 1. The van der Waals surface area contributed by atoms with Crippen molar-refractivity contribution in [2.24, 2.45) is 0 Å². The van der Waals surface area contributed by atoms with Crippen molar-refractivity contribution in [3.63, 3.8) is 0 Å². The highest BCUT2D eigenvalue weighted by atomic mass is 16.5. The maximum Gasteiger partial charge on any atom is 0.343 e. The number of methoxy groups -OCH3 is 1. The summed E-state index contributed by atoms with van der Waals surface area (Å²) in [7, 11) is 1.76. The second-order valence-electron chi connectivity index (χ2n) is 14.9. The molecule has 0 spiro atoms. The summed E-state index contributed by atoms with van der Waals surface area (Å²) in [5, 5.41) is 0. The molecule has 0 aromatic heterocycles. The molecule has 2 aliphatic carbocycles. The highest BCUT2D eigenvalue weighted by Gasteiger charge is 2.46. The van der Waals surface area contributed by atoms with Gasteiger partial charge in [-0.3, -0.25) is 0 Å².